The number of carbonyl (C=O) groups is 1. The molecule has 1 aliphatic rings. The number of rotatable bonds is 12. The van der Waals surface area contributed by atoms with E-state index < -0.39 is 57.0 Å². The van der Waals surface area contributed by atoms with Crippen molar-refractivity contribution in [1.29, 1.82) is 0 Å². The fourth-order valence-electron chi connectivity index (χ4n) is 4.92. The number of methoxy groups -OCH3 is 1. The number of alkyl halides is 5. The van der Waals surface area contributed by atoms with Crippen LogP contribution in [0.15, 0.2) is 18.2 Å². The summed E-state index contributed by atoms with van der Waals surface area (Å²) in [6, 6.07) is 3.67. The van der Waals surface area contributed by atoms with Gasteiger partial charge in [0, 0.05) is 25.5 Å². The van der Waals surface area contributed by atoms with Crippen LogP contribution in [0.3, 0.4) is 0 Å². The number of carbonyl (C=O) groups excluding carboxylic acids is 1. The van der Waals surface area contributed by atoms with Gasteiger partial charge in [-0.15, -0.1) is 0 Å². The van der Waals surface area contributed by atoms with Gasteiger partial charge >= 0.3 is 12.8 Å². The number of aromatic nitrogens is 2. The molecule has 242 valence electrons. The first-order valence-corrected chi connectivity index (χ1v) is 15.7. The number of amides is 1. The fourth-order valence-corrected chi connectivity index (χ4v) is 6.34. The molecule has 0 radical (unpaired) electrons. The highest BCUT2D eigenvalue weighted by Gasteiger charge is 2.47. The van der Waals surface area contributed by atoms with Crippen molar-refractivity contribution in [2.24, 2.45) is 5.41 Å². The molecule has 0 spiro atoms. The molecule has 2 N–H and O–H groups in total. The zero-order chi connectivity index (χ0) is 32.4. The second kappa shape index (κ2) is 13.2. The predicted molar refractivity (Wildman–Crippen MR) is 149 cm³/mol. The standard InChI is InChI=1S/C27H35ClF5N3O6S/c1-25(2,27(31,32)33)14-16-5-6-18(19(13-16)42-24(29)30)22-20(28)21(35-36(22)11-12-41-3)23(37)34-15-26(38)9-7-17(8-10-26)43(4,39)40/h5-6,13,17,24,38H,7-12,14-15H2,1-4H3,(H,34,37). The molecule has 3 rings (SSSR count). The van der Waals surface area contributed by atoms with Crippen LogP contribution in [0.1, 0.15) is 55.6 Å². The van der Waals surface area contributed by atoms with Gasteiger partial charge in [0.05, 0.1) is 40.1 Å². The highest BCUT2D eigenvalue weighted by Crippen LogP contribution is 2.43. The zero-order valence-corrected chi connectivity index (χ0v) is 25.7. The molecule has 9 nitrogen and oxygen atoms in total. The van der Waals surface area contributed by atoms with E-state index in [2.05, 4.69) is 15.2 Å². The van der Waals surface area contributed by atoms with Gasteiger partial charge in [-0.05, 0) is 49.8 Å². The molecule has 1 aromatic carbocycles. The Labute approximate surface area is 251 Å². The Hall–Kier alpha value is -2.49. The molecule has 0 bridgehead atoms. The van der Waals surface area contributed by atoms with Crippen LogP contribution in [0.4, 0.5) is 22.0 Å². The molecule has 0 saturated heterocycles. The molecule has 1 saturated carbocycles. The third-order valence-electron chi connectivity index (χ3n) is 7.59. The number of sulfone groups is 1. The van der Waals surface area contributed by atoms with Crippen LogP contribution >= 0.6 is 11.6 Å². The second-order valence-corrected chi connectivity index (χ2v) is 14.1. The van der Waals surface area contributed by atoms with Crippen molar-refractivity contribution >= 4 is 27.3 Å². The van der Waals surface area contributed by atoms with Crippen molar-refractivity contribution < 1.29 is 49.7 Å². The Kier molecular flexibility index (Phi) is 10.8. The van der Waals surface area contributed by atoms with Crippen molar-refractivity contribution in [3.05, 3.63) is 34.5 Å². The lowest BCUT2D eigenvalue weighted by Gasteiger charge is -2.35. The summed E-state index contributed by atoms with van der Waals surface area (Å²) in [4.78, 5) is 13.1. The molecule has 1 fully saturated rings. The van der Waals surface area contributed by atoms with Crippen LogP contribution in [-0.2, 0) is 27.5 Å². The summed E-state index contributed by atoms with van der Waals surface area (Å²) in [7, 11) is -1.86. The molecule has 1 aromatic heterocycles. The highest BCUT2D eigenvalue weighted by molar-refractivity contribution is 7.91. The van der Waals surface area contributed by atoms with Gasteiger partial charge in [-0.2, -0.15) is 27.1 Å². The van der Waals surface area contributed by atoms with E-state index in [-0.39, 0.29) is 72.9 Å². The van der Waals surface area contributed by atoms with Crippen LogP contribution in [0.2, 0.25) is 5.02 Å². The van der Waals surface area contributed by atoms with Gasteiger partial charge in [-0.1, -0.05) is 31.5 Å². The number of ether oxygens (including phenoxy) is 2. The third kappa shape index (κ3) is 8.58. The molecule has 1 amide bonds. The van der Waals surface area contributed by atoms with E-state index in [1.165, 1.54) is 23.9 Å². The van der Waals surface area contributed by atoms with Gasteiger partial charge in [-0.25, -0.2) is 8.42 Å². The van der Waals surface area contributed by atoms with Gasteiger partial charge in [0.1, 0.15) is 15.6 Å². The average molecular weight is 660 g/mol. The molecule has 2 aromatic rings. The number of hydrogen-bond donors (Lipinski definition) is 2. The van der Waals surface area contributed by atoms with E-state index in [0.29, 0.717) is 0 Å². The summed E-state index contributed by atoms with van der Waals surface area (Å²) in [5, 5.41) is 16.9. The molecule has 16 heteroatoms. The maximum Gasteiger partial charge on any atom is 0.394 e. The topological polar surface area (TPSA) is 120 Å². The van der Waals surface area contributed by atoms with Crippen LogP contribution in [0, 0.1) is 5.41 Å². The zero-order valence-electron chi connectivity index (χ0n) is 24.1. The Morgan fingerprint density at radius 2 is 1.88 bits per heavy atom. The third-order valence-corrected chi connectivity index (χ3v) is 9.63. The van der Waals surface area contributed by atoms with Crippen LogP contribution < -0.4 is 10.1 Å². The number of benzene rings is 1. The van der Waals surface area contributed by atoms with E-state index in [0.717, 1.165) is 26.2 Å². The predicted octanol–water partition coefficient (Wildman–Crippen LogP) is 5.03. The quantitative estimate of drug-likeness (QED) is 0.307. The van der Waals surface area contributed by atoms with E-state index in [4.69, 9.17) is 16.3 Å². The number of hydrogen-bond acceptors (Lipinski definition) is 7. The molecular formula is C27H35ClF5N3O6S. The minimum absolute atomic E-state index is 0.00600. The Morgan fingerprint density at radius 3 is 2.42 bits per heavy atom. The Bertz CT molecular complexity index is 1410. The molecule has 0 aliphatic heterocycles. The summed E-state index contributed by atoms with van der Waals surface area (Å²) in [5.74, 6) is -1.25. The number of nitrogens with zero attached hydrogens (tertiary/aromatic N) is 2. The van der Waals surface area contributed by atoms with Gasteiger partial charge < -0.3 is 19.9 Å². The largest absolute Gasteiger partial charge is 0.434 e. The number of nitrogens with one attached hydrogen (secondary N) is 1. The molecule has 0 unspecified atom stereocenters. The number of halogens is 6. The Morgan fingerprint density at radius 1 is 1.26 bits per heavy atom. The van der Waals surface area contributed by atoms with Crippen molar-refractivity contribution in [1.82, 2.24) is 15.1 Å². The molecule has 0 atom stereocenters. The average Bonchev–Trinajstić information content (AvgIpc) is 3.20. The van der Waals surface area contributed by atoms with Gasteiger partial charge in [0.2, 0.25) is 0 Å². The van der Waals surface area contributed by atoms with Crippen LogP contribution in [-0.4, -0.2) is 79.4 Å². The summed E-state index contributed by atoms with van der Waals surface area (Å²) in [6.45, 7) is -1.46. The molecule has 1 heterocycles. The second-order valence-electron chi connectivity index (χ2n) is 11.4. The first-order chi connectivity index (χ1) is 19.8. The fraction of sp³-hybridized carbons (Fsp3) is 0.630. The lowest BCUT2D eigenvalue weighted by molar-refractivity contribution is -0.211. The maximum absolute atomic E-state index is 13.5. The molecular weight excluding hydrogens is 625 g/mol. The smallest absolute Gasteiger partial charge is 0.394 e. The highest BCUT2D eigenvalue weighted by atomic mass is 35.5. The van der Waals surface area contributed by atoms with Gasteiger partial charge in [0.25, 0.3) is 5.91 Å². The lowest BCUT2D eigenvalue weighted by atomic mass is 9.84. The molecule has 43 heavy (non-hydrogen) atoms. The van der Waals surface area contributed by atoms with Crippen LogP contribution in [0.25, 0.3) is 11.3 Å². The van der Waals surface area contributed by atoms with E-state index in [1.807, 2.05) is 0 Å². The van der Waals surface area contributed by atoms with Crippen molar-refractivity contribution in [2.45, 2.75) is 76.1 Å². The van der Waals surface area contributed by atoms with E-state index >= 15 is 0 Å². The monoisotopic (exact) mass is 659 g/mol. The van der Waals surface area contributed by atoms with E-state index in [9.17, 15) is 40.3 Å². The first-order valence-electron chi connectivity index (χ1n) is 13.4. The summed E-state index contributed by atoms with van der Waals surface area (Å²) in [5.41, 5.74) is -3.78. The van der Waals surface area contributed by atoms with Gasteiger partial charge in [-0.3, -0.25) is 9.48 Å². The number of aliphatic hydroxyl groups is 1. The maximum atomic E-state index is 13.5. The first kappa shape index (κ1) is 35.0. The normalized spacial score (nSPS) is 20.0. The Balaban J connectivity index is 1.94. The van der Waals surface area contributed by atoms with Crippen molar-refractivity contribution in [2.75, 3.05) is 26.5 Å². The van der Waals surface area contributed by atoms with Crippen LogP contribution in [0.5, 0.6) is 5.75 Å². The minimum Gasteiger partial charge on any atom is -0.434 e. The van der Waals surface area contributed by atoms with Crippen molar-refractivity contribution in [3.63, 3.8) is 0 Å². The summed E-state index contributed by atoms with van der Waals surface area (Å²) < 4.78 is 102. The summed E-state index contributed by atoms with van der Waals surface area (Å²) >= 11 is 6.57. The lowest BCUT2D eigenvalue weighted by Crippen LogP contribution is -2.47. The summed E-state index contributed by atoms with van der Waals surface area (Å²) in [6.07, 6.45) is -3.21. The minimum atomic E-state index is -4.56. The van der Waals surface area contributed by atoms with Crippen molar-refractivity contribution in [3.8, 4) is 17.0 Å². The van der Waals surface area contributed by atoms with E-state index in [1.54, 1.807) is 0 Å². The molecule has 1 aliphatic carbocycles. The SMILES string of the molecule is COCCn1nc(C(=O)NCC2(O)CCC(S(C)(=O)=O)CC2)c(Cl)c1-c1ccc(CC(C)(C)C(F)(F)F)cc1OC(F)F. The van der Waals surface area contributed by atoms with Gasteiger partial charge in [0.15, 0.2) is 5.69 Å².